The van der Waals surface area contributed by atoms with E-state index in [9.17, 15) is 4.79 Å². The maximum Gasteiger partial charge on any atom is 0.259 e. The van der Waals surface area contributed by atoms with E-state index in [1.165, 1.54) is 0 Å². The second-order valence-electron chi connectivity index (χ2n) is 5.55. The number of hydrogen-bond acceptors (Lipinski definition) is 5. The highest BCUT2D eigenvalue weighted by molar-refractivity contribution is 7.80. The summed E-state index contributed by atoms with van der Waals surface area (Å²) in [6.45, 7) is 1.44. The molecule has 2 heterocycles. The van der Waals surface area contributed by atoms with Gasteiger partial charge < -0.3 is 15.0 Å². The zero-order valence-electron chi connectivity index (χ0n) is 12.6. The normalized spacial score (nSPS) is 15.3. The first-order chi connectivity index (χ1) is 11.1. The summed E-state index contributed by atoms with van der Waals surface area (Å²) >= 11 is 4.25. The quantitative estimate of drug-likeness (QED) is 0.514. The van der Waals surface area contributed by atoms with E-state index in [0.717, 1.165) is 31.0 Å². The van der Waals surface area contributed by atoms with Gasteiger partial charge in [-0.15, -0.1) is 12.6 Å². The molecule has 2 aromatic rings. The molecule has 1 aromatic carbocycles. The van der Waals surface area contributed by atoms with Crippen LogP contribution in [-0.2, 0) is 4.74 Å². The first-order valence-electron chi connectivity index (χ1n) is 7.59. The average Bonchev–Trinajstić information content (AvgIpc) is 2.56. The van der Waals surface area contributed by atoms with E-state index in [-0.39, 0.29) is 17.3 Å². The van der Waals surface area contributed by atoms with Crippen LogP contribution in [0.25, 0.3) is 0 Å². The number of H-pyrrole nitrogens is 1. The molecule has 120 valence electrons. The highest BCUT2D eigenvalue weighted by Crippen LogP contribution is 2.20. The molecule has 23 heavy (non-hydrogen) atoms. The molecule has 0 aliphatic carbocycles. The van der Waals surface area contributed by atoms with Crippen LogP contribution in [0.2, 0.25) is 0 Å². The Balaban J connectivity index is 1.92. The maximum absolute atomic E-state index is 12.3. The van der Waals surface area contributed by atoms with Crippen molar-refractivity contribution in [3.05, 3.63) is 58.0 Å². The molecule has 0 atom stereocenters. The molecule has 1 aromatic heterocycles. The molecule has 1 aliphatic rings. The van der Waals surface area contributed by atoms with Crippen molar-refractivity contribution < 1.29 is 4.74 Å². The molecular weight excluding hydrogens is 310 g/mol. The summed E-state index contributed by atoms with van der Waals surface area (Å²) in [6, 6.07) is 9.31. The number of thiol groups is 1. The van der Waals surface area contributed by atoms with Gasteiger partial charge in [-0.1, -0.05) is 12.1 Å². The van der Waals surface area contributed by atoms with Gasteiger partial charge in [0.15, 0.2) is 0 Å². The molecule has 6 heteroatoms. The summed E-state index contributed by atoms with van der Waals surface area (Å²) in [6.07, 6.45) is 3.40. The van der Waals surface area contributed by atoms with Crippen LogP contribution in [0.4, 0.5) is 5.69 Å². The predicted octanol–water partition coefficient (Wildman–Crippen LogP) is 2.67. The van der Waals surface area contributed by atoms with Gasteiger partial charge in [0.25, 0.3) is 5.56 Å². The highest BCUT2D eigenvalue weighted by Gasteiger charge is 2.19. The molecule has 0 radical (unpaired) electrons. The largest absolute Gasteiger partial charge is 0.381 e. The van der Waals surface area contributed by atoms with E-state index in [1.807, 2.05) is 18.2 Å². The van der Waals surface area contributed by atoms with Gasteiger partial charge >= 0.3 is 0 Å². The van der Waals surface area contributed by atoms with Crippen molar-refractivity contribution in [3.8, 4) is 0 Å². The zero-order valence-corrected chi connectivity index (χ0v) is 13.5. The molecule has 1 saturated heterocycles. The van der Waals surface area contributed by atoms with Gasteiger partial charge in [-0.3, -0.25) is 10.2 Å². The standard InChI is InChI=1S/C17H19N3O2S/c18-16(11-1-3-13(23)4-2-11)15-14(5-8-19-17(15)21)20-12-6-9-22-10-7-12/h1-5,8,12,18,23H,6-7,9-10H2,(H2,19,20,21). The summed E-state index contributed by atoms with van der Waals surface area (Å²) < 4.78 is 5.36. The number of hydrogen-bond donors (Lipinski definition) is 4. The Morgan fingerprint density at radius 2 is 1.91 bits per heavy atom. The SMILES string of the molecule is N=C(c1ccc(S)cc1)c1c(NC2CCOCC2)cc[nH]c1=O. The van der Waals surface area contributed by atoms with Gasteiger partial charge in [0, 0.05) is 35.9 Å². The van der Waals surface area contributed by atoms with Gasteiger partial charge in [0.1, 0.15) is 0 Å². The summed E-state index contributed by atoms with van der Waals surface area (Å²) in [5.74, 6) is 0. The Morgan fingerprint density at radius 1 is 1.22 bits per heavy atom. The van der Waals surface area contributed by atoms with Crippen LogP contribution in [0, 0.1) is 5.41 Å². The van der Waals surface area contributed by atoms with Gasteiger partial charge in [0.05, 0.1) is 17.0 Å². The number of anilines is 1. The van der Waals surface area contributed by atoms with Crippen molar-refractivity contribution in [1.29, 1.82) is 5.41 Å². The number of rotatable bonds is 4. The molecule has 0 bridgehead atoms. The number of benzene rings is 1. The lowest BCUT2D eigenvalue weighted by Crippen LogP contribution is -2.30. The summed E-state index contributed by atoms with van der Waals surface area (Å²) in [5, 5.41) is 11.8. The molecule has 1 fully saturated rings. The third kappa shape index (κ3) is 3.65. The number of pyridine rings is 1. The van der Waals surface area contributed by atoms with Crippen LogP contribution in [0.3, 0.4) is 0 Å². The molecular formula is C17H19N3O2S. The fourth-order valence-corrected chi connectivity index (χ4v) is 2.83. The van der Waals surface area contributed by atoms with E-state index in [4.69, 9.17) is 10.1 Å². The molecule has 0 unspecified atom stereocenters. The molecule has 5 nitrogen and oxygen atoms in total. The van der Waals surface area contributed by atoms with Crippen molar-refractivity contribution in [2.24, 2.45) is 0 Å². The lowest BCUT2D eigenvalue weighted by Gasteiger charge is -2.25. The Labute approximate surface area is 140 Å². The Morgan fingerprint density at radius 3 is 2.61 bits per heavy atom. The molecule has 0 amide bonds. The van der Waals surface area contributed by atoms with E-state index < -0.39 is 0 Å². The summed E-state index contributed by atoms with van der Waals surface area (Å²) in [7, 11) is 0. The predicted molar refractivity (Wildman–Crippen MR) is 94.2 cm³/mol. The minimum Gasteiger partial charge on any atom is -0.381 e. The average molecular weight is 329 g/mol. The molecule has 3 N–H and O–H groups in total. The molecule has 3 rings (SSSR count). The fraction of sp³-hybridized carbons (Fsp3) is 0.294. The molecule has 1 aliphatic heterocycles. The van der Waals surface area contributed by atoms with Crippen LogP contribution >= 0.6 is 12.6 Å². The minimum atomic E-state index is -0.262. The maximum atomic E-state index is 12.3. The number of aromatic nitrogens is 1. The van der Waals surface area contributed by atoms with E-state index >= 15 is 0 Å². The first kappa shape index (κ1) is 15.8. The van der Waals surface area contributed by atoms with E-state index in [1.54, 1.807) is 18.3 Å². The van der Waals surface area contributed by atoms with Crippen LogP contribution in [-0.4, -0.2) is 30.0 Å². The van der Waals surface area contributed by atoms with Crippen LogP contribution in [0.1, 0.15) is 24.0 Å². The van der Waals surface area contributed by atoms with Crippen molar-refractivity contribution in [3.63, 3.8) is 0 Å². The highest BCUT2D eigenvalue weighted by atomic mass is 32.1. The first-order valence-corrected chi connectivity index (χ1v) is 8.04. The second kappa shape index (κ2) is 7.02. The van der Waals surface area contributed by atoms with Gasteiger partial charge in [-0.2, -0.15) is 0 Å². The molecule has 0 spiro atoms. The van der Waals surface area contributed by atoms with Gasteiger partial charge in [-0.05, 0) is 31.0 Å². The number of aromatic amines is 1. The Bertz CT molecular complexity index is 749. The summed E-state index contributed by atoms with van der Waals surface area (Å²) in [5.41, 5.74) is 1.69. The lowest BCUT2D eigenvalue weighted by atomic mass is 10.0. The van der Waals surface area contributed by atoms with Crippen molar-refractivity contribution in [1.82, 2.24) is 4.98 Å². The third-order valence-corrected chi connectivity index (χ3v) is 4.25. The third-order valence-electron chi connectivity index (χ3n) is 3.95. The van der Waals surface area contributed by atoms with Crippen molar-refractivity contribution >= 4 is 24.0 Å². The smallest absolute Gasteiger partial charge is 0.259 e. The van der Waals surface area contributed by atoms with Crippen molar-refractivity contribution in [2.75, 3.05) is 18.5 Å². The molecule has 0 saturated carbocycles. The Hall–Kier alpha value is -2.05. The second-order valence-corrected chi connectivity index (χ2v) is 6.06. The van der Waals surface area contributed by atoms with E-state index in [0.29, 0.717) is 16.8 Å². The Kier molecular flexibility index (Phi) is 4.83. The number of ether oxygens (including phenoxy) is 1. The lowest BCUT2D eigenvalue weighted by molar-refractivity contribution is 0.0904. The van der Waals surface area contributed by atoms with Gasteiger partial charge in [0.2, 0.25) is 0 Å². The van der Waals surface area contributed by atoms with Crippen LogP contribution < -0.4 is 10.9 Å². The van der Waals surface area contributed by atoms with Crippen LogP contribution in [0.15, 0.2) is 46.2 Å². The monoisotopic (exact) mass is 329 g/mol. The summed E-state index contributed by atoms with van der Waals surface area (Å²) in [4.78, 5) is 15.8. The zero-order chi connectivity index (χ0) is 16.2. The van der Waals surface area contributed by atoms with Crippen molar-refractivity contribution in [2.45, 2.75) is 23.8 Å². The van der Waals surface area contributed by atoms with E-state index in [2.05, 4.69) is 22.9 Å². The fourth-order valence-electron chi connectivity index (χ4n) is 2.68. The minimum absolute atomic E-state index is 0.203. The van der Waals surface area contributed by atoms with Crippen LogP contribution in [0.5, 0.6) is 0 Å². The number of nitrogens with one attached hydrogen (secondary N) is 3. The van der Waals surface area contributed by atoms with Gasteiger partial charge in [-0.25, -0.2) is 0 Å². The topological polar surface area (TPSA) is 78.0 Å².